The Morgan fingerprint density at radius 3 is 2.72 bits per heavy atom. The Bertz CT molecular complexity index is 502. The van der Waals surface area contributed by atoms with Gasteiger partial charge in [0.25, 0.3) is 0 Å². The van der Waals surface area contributed by atoms with E-state index < -0.39 is 6.04 Å². The van der Waals surface area contributed by atoms with Crippen LogP contribution in [-0.2, 0) is 20.7 Å². The predicted octanol–water partition coefficient (Wildman–Crippen LogP) is 0.532. The summed E-state index contributed by atoms with van der Waals surface area (Å²) in [5, 5.41) is 11.3. The van der Waals surface area contributed by atoms with E-state index in [1.54, 1.807) is 24.3 Å². The fourth-order valence-corrected chi connectivity index (χ4v) is 1.75. The lowest BCUT2D eigenvalue weighted by molar-refractivity contribution is -0.141. The van der Waals surface area contributed by atoms with Crippen molar-refractivity contribution < 1.29 is 14.3 Å². The number of rotatable bonds is 3. The van der Waals surface area contributed by atoms with Gasteiger partial charge in [0.15, 0.2) is 0 Å². The summed E-state index contributed by atoms with van der Waals surface area (Å²) in [4.78, 5) is 22.9. The van der Waals surface area contributed by atoms with Gasteiger partial charge in [0.2, 0.25) is 5.91 Å². The van der Waals surface area contributed by atoms with Crippen molar-refractivity contribution in [3.05, 3.63) is 35.4 Å². The molecule has 5 heteroatoms. The highest BCUT2D eigenvalue weighted by Gasteiger charge is 2.27. The summed E-state index contributed by atoms with van der Waals surface area (Å²) in [7, 11) is 0. The van der Waals surface area contributed by atoms with Crippen LogP contribution in [0, 0.1) is 11.3 Å². The van der Waals surface area contributed by atoms with Crippen LogP contribution >= 0.6 is 0 Å². The smallest absolute Gasteiger partial charge is 0.328 e. The molecule has 1 amide bonds. The highest BCUT2D eigenvalue weighted by Crippen LogP contribution is 2.07. The first-order valence-electron chi connectivity index (χ1n) is 5.64. The fraction of sp³-hybridized carbons (Fsp3) is 0.308. The second-order valence-electron chi connectivity index (χ2n) is 4.06. The average molecular weight is 244 g/mol. The number of benzene rings is 1. The number of nitrogens with one attached hydrogen (secondary N) is 1. The van der Waals surface area contributed by atoms with E-state index in [9.17, 15) is 9.59 Å². The van der Waals surface area contributed by atoms with Crippen molar-refractivity contribution >= 4 is 11.9 Å². The lowest BCUT2D eigenvalue weighted by Gasteiger charge is -2.08. The van der Waals surface area contributed by atoms with E-state index in [0.29, 0.717) is 18.6 Å². The van der Waals surface area contributed by atoms with Gasteiger partial charge in [0.05, 0.1) is 24.7 Å². The van der Waals surface area contributed by atoms with Crippen molar-refractivity contribution in [2.75, 3.05) is 6.61 Å². The van der Waals surface area contributed by atoms with Crippen LogP contribution in [0.15, 0.2) is 24.3 Å². The minimum absolute atomic E-state index is 0.190. The maximum atomic E-state index is 11.7. The van der Waals surface area contributed by atoms with Crippen molar-refractivity contribution in [3.63, 3.8) is 0 Å². The van der Waals surface area contributed by atoms with E-state index in [1.807, 2.05) is 6.07 Å². The van der Waals surface area contributed by atoms with E-state index in [-0.39, 0.29) is 18.3 Å². The Labute approximate surface area is 104 Å². The van der Waals surface area contributed by atoms with Gasteiger partial charge in [-0.2, -0.15) is 5.26 Å². The van der Waals surface area contributed by atoms with Crippen LogP contribution in [0.1, 0.15) is 17.5 Å². The van der Waals surface area contributed by atoms with E-state index in [2.05, 4.69) is 5.32 Å². The normalized spacial score (nSPS) is 17.9. The molecule has 1 heterocycles. The van der Waals surface area contributed by atoms with Crippen LogP contribution < -0.4 is 5.32 Å². The van der Waals surface area contributed by atoms with E-state index >= 15 is 0 Å². The average Bonchev–Trinajstić information content (AvgIpc) is 2.76. The van der Waals surface area contributed by atoms with Gasteiger partial charge in [-0.3, -0.25) is 4.79 Å². The first-order valence-corrected chi connectivity index (χ1v) is 5.64. The van der Waals surface area contributed by atoms with Crippen LogP contribution in [0.5, 0.6) is 0 Å². The lowest BCUT2D eigenvalue weighted by atomic mass is 10.1. The van der Waals surface area contributed by atoms with Gasteiger partial charge in [0.1, 0.15) is 6.04 Å². The number of cyclic esters (lactones) is 1. The standard InChI is InChI=1S/C13H12N2O3/c14-8-10-3-1-9(2-4-10)7-12(16)15-11-5-6-18-13(11)17/h1-4,11H,5-7H2,(H,15,16)/t11-/m0/s1. The molecular weight excluding hydrogens is 232 g/mol. The zero-order valence-electron chi connectivity index (χ0n) is 9.68. The summed E-state index contributed by atoms with van der Waals surface area (Å²) in [5.74, 6) is -0.591. The van der Waals surface area contributed by atoms with Crippen LogP contribution in [0.4, 0.5) is 0 Å². The largest absolute Gasteiger partial charge is 0.464 e. The zero-order valence-corrected chi connectivity index (χ0v) is 9.68. The van der Waals surface area contributed by atoms with E-state index in [0.717, 1.165) is 5.56 Å². The molecule has 18 heavy (non-hydrogen) atoms. The molecule has 1 saturated heterocycles. The van der Waals surface area contributed by atoms with Crippen LogP contribution in [0.25, 0.3) is 0 Å². The minimum Gasteiger partial charge on any atom is -0.464 e. The summed E-state index contributed by atoms with van der Waals surface area (Å²) < 4.78 is 4.76. The number of nitriles is 1. The third kappa shape index (κ3) is 2.86. The molecule has 1 aromatic rings. The molecule has 1 atom stereocenters. The van der Waals surface area contributed by atoms with Gasteiger partial charge in [-0.1, -0.05) is 12.1 Å². The molecule has 0 radical (unpaired) electrons. The van der Waals surface area contributed by atoms with Crippen molar-refractivity contribution in [2.24, 2.45) is 0 Å². The molecule has 1 aromatic carbocycles. The van der Waals surface area contributed by atoms with Crippen LogP contribution in [-0.4, -0.2) is 24.5 Å². The summed E-state index contributed by atoms with van der Waals surface area (Å²) in [6.45, 7) is 0.362. The van der Waals surface area contributed by atoms with Crippen LogP contribution in [0.2, 0.25) is 0 Å². The molecule has 92 valence electrons. The summed E-state index contributed by atoms with van der Waals surface area (Å²) in [6.07, 6.45) is 0.716. The Morgan fingerprint density at radius 1 is 1.44 bits per heavy atom. The Hall–Kier alpha value is -2.35. The van der Waals surface area contributed by atoms with Gasteiger partial charge >= 0.3 is 5.97 Å². The number of amides is 1. The Balaban J connectivity index is 1.90. The molecule has 1 aliphatic heterocycles. The molecule has 0 saturated carbocycles. The fourth-order valence-electron chi connectivity index (χ4n) is 1.75. The SMILES string of the molecule is N#Cc1ccc(CC(=O)N[C@H]2CCOC2=O)cc1. The molecule has 1 fully saturated rings. The number of hydrogen-bond acceptors (Lipinski definition) is 4. The third-order valence-electron chi connectivity index (χ3n) is 2.72. The second kappa shape index (κ2) is 5.32. The first-order chi connectivity index (χ1) is 8.69. The highest BCUT2D eigenvalue weighted by molar-refractivity contribution is 5.86. The number of ether oxygens (including phenoxy) is 1. The maximum Gasteiger partial charge on any atom is 0.328 e. The molecule has 0 spiro atoms. The van der Waals surface area contributed by atoms with Crippen molar-refractivity contribution in [3.8, 4) is 6.07 Å². The monoisotopic (exact) mass is 244 g/mol. The Morgan fingerprint density at radius 2 is 2.17 bits per heavy atom. The number of hydrogen-bond donors (Lipinski definition) is 1. The number of carbonyl (C=O) groups is 2. The molecule has 2 rings (SSSR count). The third-order valence-corrected chi connectivity index (χ3v) is 2.72. The van der Waals surface area contributed by atoms with Gasteiger partial charge in [-0.25, -0.2) is 4.79 Å². The quantitative estimate of drug-likeness (QED) is 0.787. The van der Waals surface area contributed by atoms with Crippen molar-refractivity contribution in [2.45, 2.75) is 18.9 Å². The number of esters is 1. The molecule has 5 nitrogen and oxygen atoms in total. The summed E-state index contributed by atoms with van der Waals surface area (Å²) >= 11 is 0. The molecule has 0 aliphatic carbocycles. The van der Waals surface area contributed by atoms with Crippen molar-refractivity contribution in [1.29, 1.82) is 5.26 Å². The Kier molecular flexibility index (Phi) is 3.58. The van der Waals surface area contributed by atoms with Gasteiger partial charge in [-0.15, -0.1) is 0 Å². The topological polar surface area (TPSA) is 79.2 Å². The van der Waals surface area contributed by atoms with Crippen LogP contribution in [0.3, 0.4) is 0 Å². The highest BCUT2D eigenvalue weighted by atomic mass is 16.5. The van der Waals surface area contributed by atoms with E-state index in [4.69, 9.17) is 10.00 Å². The number of carbonyl (C=O) groups excluding carboxylic acids is 2. The molecule has 1 N–H and O–H groups in total. The van der Waals surface area contributed by atoms with Gasteiger partial charge < -0.3 is 10.1 Å². The number of nitrogens with zero attached hydrogens (tertiary/aromatic N) is 1. The predicted molar refractivity (Wildman–Crippen MR) is 62.4 cm³/mol. The summed E-state index contributed by atoms with van der Waals surface area (Å²) in [6, 6.07) is 8.27. The zero-order chi connectivity index (χ0) is 13.0. The van der Waals surface area contributed by atoms with Crippen molar-refractivity contribution in [1.82, 2.24) is 5.32 Å². The maximum absolute atomic E-state index is 11.7. The van der Waals surface area contributed by atoms with E-state index in [1.165, 1.54) is 0 Å². The molecule has 0 aromatic heterocycles. The molecule has 1 aliphatic rings. The first kappa shape index (κ1) is 12.1. The molecular formula is C13H12N2O3. The van der Waals surface area contributed by atoms with Gasteiger partial charge in [0, 0.05) is 6.42 Å². The molecule has 0 bridgehead atoms. The molecule has 0 unspecified atom stereocenters. The lowest BCUT2D eigenvalue weighted by Crippen LogP contribution is -2.38. The summed E-state index contributed by atoms with van der Waals surface area (Å²) in [5.41, 5.74) is 1.36. The minimum atomic E-state index is -0.518. The second-order valence-corrected chi connectivity index (χ2v) is 4.06. The van der Waals surface area contributed by atoms with Gasteiger partial charge in [-0.05, 0) is 17.7 Å².